The quantitative estimate of drug-likeness (QED) is 0.546. The predicted octanol–water partition coefficient (Wildman–Crippen LogP) is -0.311. The second-order valence-corrected chi connectivity index (χ2v) is 2.46. The molecule has 0 spiro atoms. The van der Waals surface area contributed by atoms with Gasteiger partial charge in [-0.15, -0.1) is 0 Å². The van der Waals surface area contributed by atoms with Crippen LogP contribution < -0.4 is 5.32 Å². The third kappa shape index (κ3) is 1.15. The van der Waals surface area contributed by atoms with Crippen LogP contribution in [0.5, 0.6) is 0 Å². The van der Waals surface area contributed by atoms with Gasteiger partial charge in [0, 0.05) is 6.54 Å². The molecule has 1 radical (unpaired) electrons. The summed E-state index contributed by atoms with van der Waals surface area (Å²) in [6, 6.07) is 0. The van der Waals surface area contributed by atoms with E-state index in [1.807, 2.05) is 5.06 Å². The fraction of sp³-hybridized carbons (Fsp3) is 0.833. The topological polar surface area (TPSA) is 33.7 Å². The maximum atomic E-state index is 5.31. The van der Waals surface area contributed by atoms with E-state index in [1.54, 1.807) is 6.73 Å². The second kappa shape index (κ2) is 2.84. The summed E-state index contributed by atoms with van der Waals surface area (Å²) in [7, 11) is 0. The maximum Gasteiger partial charge on any atom is 0.149 e. The number of nitrogens with one attached hydrogen (secondary N) is 1. The van der Waals surface area contributed by atoms with Gasteiger partial charge in [-0.25, -0.2) is 0 Å². The third-order valence-electron chi connectivity index (χ3n) is 1.73. The molecule has 0 aromatic rings. The largest absolute Gasteiger partial charge is 0.356 e. The molecule has 4 nitrogen and oxygen atoms in total. The molecule has 1 N–H and O–H groups in total. The minimum Gasteiger partial charge on any atom is -0.356 e. The van der Waals surface area contributed by atoms with Gasteiger partial charge in [-0.1, -0.05) is 0 Å². The molecule has 2 saturated heterocycles. The lowest BCUT2D eigenvalue weighted by molar-refractivity contribution is -0.145. The van der Waals surface area contributed by atoms with Crippen LogP contribution in [0.2, 0.25) is 0 Å². The zero-order valence-electron chi connectivity index (χ0n) is 5.75. The Morgan fingerprint density at radius 3 is 3.20 bits per heavy atom. The molecule has 0 aliphatic carbocycles. The Hall–Kier alpha value is -0.160. The highest BCUT2D eigenvalue weighted by molar-refractivity contribution is 4.73. The fourth-order valence-corrected chi connectivity index (χ4v) is 1.19. The molecular formula is C6H11N2O2. The van der Waals surface area contributed by atoms with E-state index in [1.165, 1.54) is 0 Å². The van der Waals surface area contributed by atoms with Crippen LogP contribution in [0.25, 0.3) is 0 Å². The van der Waals surface area contributed by atoms with Crippen molar-refractivity contribution in [3.05, 3.63) is 6.73 Å². The molecule has 0 aromatic carbocycles. The van der Waals surface area contributed by atoms with E-state index in [2.05, 4.69) is 5.32 Å². The van der Waals surface area contributed by atoms with Crippen molar-refractivity contribution < 1.29 is 9.57 Å². The van der Waals surface area contributed by atoms with Crippen LogP contribution in [-0.4, -0.2) is 31.0 Å². The Morgan fingerprint density at radius 2 is 2.60 bits per heavy atom. The van der Waals surface area contributed by atoms with Crippen LogP contribution in [0.1, 0.15) is 6.42 Å². The van der Waals surface area contributed by atoms with E-state index in [4.69, 9.17) is 9.57 Å². The monoisotopic (exact) mass is 143 g/mol. The van der Waals surface area contributed by atoms with Gasteiger partial charge in [-0.2, -0.15) is 5.06 Å². The van der Waals surface area contributed by atoms with Crippen LogP contribution in [0.4, 0.5) is 0 Å². The molecule has 2 aliphatic heterocycles. The molecule has 2 rings (SSSR count). The van der Waals surface area contributed by atoms with E-state index in [0.29, 0.717) is 6.61 Å². The molecule has 1 atom stereocenters. The SMILES string of the molecule is [CH]1NC(N2CCCO2)CO1. The molecule has 10 heavy (non-hydrogen) atoms. The first kappa shape index (κ1) is 6.54. The minimum absolute atomic E-state index is 0.238. The summed E-state index contributed by atoms with van der Waals surface area (Å²) in [5.41, 5.74) is 0. The van der Waals surface area contributed by atoms with Gasteiger partial charge in [0.2, 0.25) is 0 Å². The van der Waals surface area contributed by atoms with Gasteiger partial charge in [-0.3, -0.25) is 10.2 Å². The molecule has 2 heterocycles. The number of hydroxylamine groups is 2. The molecular weight excluding hydrogens is 132 g/mol. The average molecular weight is 143 g/mol. The molecule has 0 amide bonds. The molecule has 2 fully saturated rings. The van der Waals surface area contributed by atoms with Crippen molar-refractivity contribution in [2.75, 3.05) is 19.8 Å². The van der Waals surface area contributed by atoms with Crippen molar-refractivity contribution in [2.45, 2.75) is 12.6 Å². The standard InChI is InChI=1S/C6H11N2O2/c1-2-8(10-3-1)6-4-9-5-7-6/h5-7H,1-4H2. The maximum absolute atomic E-state index is 5.31. The van der Waals surface area contributed by atoms with Crippen molar-refractivity contribution in [2.24, 2.45) is 0 Å². The first-order valence-corrected chi connectivity index (χ1v) is 3.56. The van der Waals surface area contributed by atoms with Crippen molar-refractivity contribution in [3.8, 4) is 0 Å². The van der Waals surface area contributed by atoms with Crippen molar-refractivity contribution >= 4 is 0 Å². The number of rotatable bonds is 1. The summed E-state index contributed by atoms with van der Waals surface area (Å²) in [5.74, 6) is 0. The highest BCUT2D eigenvalue weighted by Gasteiger charge is 2.26. The first-order chi connectivity index (χ1) is 4.97. The Labute approximate surface area is 60.0 Å². The summed E-state index contributed by atoms with van der Waals surface area (Å²) in [6.07, 6.45) is 1.36. The van der Waals surface area contributed by atoms with Crippen LogP contribution in [0, 0.1) is 6.73 Å². The van der Waals surface area contributed by atoms with Crippen LogP contribution >= 0.6 is 0 Å². The Balaban J connectivity index is 1.85. The fourth-order valence-electron chi connectivity index (χ4n) is 1.19. The summed E-state index contributed by atoms with van der Waals surface area (Å²) >= 11 is 0. The van der Waals surface area contributed by atoms with Gasteiger partial charge in [-0.05, 0) is 6.42 Å². The van der Waals surface area contributed by atoms with Gasteiger partial charge >= 0.3 is 0 Å². The highest BCUT2D eigenvalue weighted by Crippen LogP contribution is 2.11. The zero-order chi connectivity index (χ0) is 6.81. The number of hydrogen-bond acceptors (Lipinski definition) is 4. The Morgan fingerprint density at radius 1 is 1.60 bits per heavy atom. The lowest BCUT2D eigenvalue weighted by Gasteiger charge is -2.19. The lowest BCUT2D eigenvalue weighted by Crippen LogP contribution is -2.40. The Bertz CT molecular complexity index is 94.3. The van der Waals surface area contributed by atoms with Gasteiger partial charge in [0.15, 0.2) is 0 Å². The van der Waals surface area contributed by atoms with Crippen LogP contribution in [-0.2, 0) is 9.57 Å². The lowest BCUT2D eigenvalue weighted by atomic mass is 10.4. The van der Waals surface area contributed by atoms with E-state index in [9.17, 15) is 0 Å². The van der Waals surface area contributed by atoms with Gasteiger partial charge < -0.3 is 4.74 Å². The normalized spacial score (nSPS) is 35.4. The highest BCUT2D eigenvalue weighted by atomic mass is 16.7. The zero-order valence-corrected chi connectivity index (χ0v) is 5.75. The van der Waals surface area contributed by atoms with Gasteiger partial charge in [0.1, 0.15) is 12.9 Å². The van der Waals surface area contributed by atoms with Gasteiger partial charge in [0.25, 0.3) is 0 Å². The van der Waals surface area contributed by atoms with E-state index in [-0.39, 0.29) is 6.17 Å². The van der Waals surface area contributed by atoms with E-state index in [0.717, 1.165) is 19.6 Å². The molecule has 2 aliphatic rings. The number of nitrogens with zero attached hydrogens (tertiary/aromatic N) is 1. The average Bonchev–Trinajstić information content (AvgIpc) is 2.59. The third-order valence-corrected chi connectivity index (χ3v) is 1.73. The summed E-state index contributed by atoms with van der Waals surface area (Å²) in [5, 5.41) is 4.99. The predicted molar refractivity (Wildman–Crippen MR) is 34.5 cm³/mol. The van der Waals surface area contributed by atoms with E-state index < -0.39 is 0 Å². The van der Waals surface area contributed by atoms with Crippen molar-refractivity contribution in [3.63, 3.8) is 0 Å². The summed E-state index contributed by atoms with van der Waals surface area (Å²) in [6.45, 7) is 4.17. The van der Waals surface area contributed by atoms with Crippen molar-refractivity contribution in [1.82, 2.24) is 10.4 Å². The first-order valence-electron chi connectivity index (χ1n) is 3.56. The molecule has 4 heteroatoms. The molecule has 0 saturated carbocycles. The summed E-state index contributed by atoms with van der Waals surface area (Å²) < 4.78 is 5.01. The van der Waals surface area contributed by atoms with Gasteiger partial charge in [0.05, 0.1) is 13.2 Å². The molecule has 0 aromatic heterocycles. The number of ether oxygens (including phenoxy) is 1. The van der Waals surface area contributed by atoms with Crippen molar-refractivity contribution in [1.29, 1.82) is 0 Å². The minimum atomic E-state index is 0.238. The molecule has 0 bridgehead atoms. The van der Waals surface area contributed by atoms with Crippen LogP contribution in [0.3, 0.4) is 0 Å². The summed E-state index contributed by atoms with van der Waals surface area (Å²) in [4.78, 5) is 5.31. The molecule has 1 unspecified atom stereocenters. The second-order valence-electron chi connectivity index (χ2n) is 2.46. The number of hydrogen-bond donors (Lipinski definition) is 1. The smallest absolute Gasteiger partial charge is 0.149 e. The van der Waals surface area contributed by atoms with E-state index >= 15 is 0 Å². The van der Waals surface area contributed by atoms with Crippen LogP contribution in [0.15, 0.2) is 0 Å². The molecule has 57 valence electrons. The Kier molecular flexibility index (Phi) is 1.86.